The van der Waals surface area contributed by atoms with Gasteiger partial charge in [-0.15, -0.1) is 0 Å². The number of carboxylic acid groups (broad SMARTS) is 1. The van der Waals surface area contributed by atoms with Gasteiger partial charge in [0.05, 0.1) is 17.4 Å². The number of non-ortho nitro benzene ring substituents is 1. The van der Waals surface area contributed by atoms with Crippen molar-refractivity contribution in [2.24, 2.45) is 0 Å². The number of aliphatic carboxylic acids is 1. The van der Waals surface area contributed by atoms with Gasteiger partial charge in [0.1, 0.15) is 0 Å². The molecule has 6 nitrogen and oxygen atoms in total. The van der Waals surface area contributed by atoms with Gasteiger partial charge in [-0.2, -0.15) is 0 Å². The van der Waals surface area contributed by atoms with Crippen molar-refractivity contribution in [1.82, 2.24) is 0 Å². The van der Waals surface area contributed by atoms with Crippen molar-refractivity contribution in [2.75, 3.05) is 11.9 Å². The van der Waals surface area contributed by atoms with Crippen LogP contribution in [0.25, 0.3) is 0 Å². The number of nitro groups is 1. The molecule has 0 spiro atoms. The Labute approximate surface area is 108 Å². The van der Waals surface area contributed by atoms with E-state index >= 15 is 0 Å². The molecule has 0 aliphatic rings. The van der Waals surface area contributed by atoms with Gasteiger partial charge in [0.15, 0.2) is 0 Å². The van der Waals surface area contributed by atoms with Crippen LogP contribution in [-0.2, 0) is 4.79 Å². The number of nitrogens with zero attached hydrogens (tertiary/aromatic N) is 1. The summed E-state index contributed by atoms with van der Waals surface area (Å²) in [5.41, 5.74) is 0.462. The Morgan fingerprint density at radius 3 is 2.27 bits per heavy atom. The standard InChI is InChI=1S/C8H8N2O4.Na/c11-8(12)5-9-6-1-3-7(4-2-6)10(13)14;/h1-4,9H,5H2,(H,11,12);/q;+1/p-1. The molecule has 7 heteroatoms. The molecule has 0 heterocycles. The number of hydrogen-bond donors (Lipinski definition) is 1. The van der Waals surface area contributed by atoms with Gasteiger partial charge >= 0.3 is 29.6 Å². The number of rotatable bonds is 4. The number of hydrogen-bond acceptors (Lipinski definition) is 5. The van der Waals surface area contributed by atoms with Crippen LogP contribution in [0.1, 0.15) is 0 Å². The van der Waals surface area contributed by atoms with E-state index in [1.807, 2.05) is 0 Å². The molecular weight excluding hydrogens is 211 g/mol. The maximum absolute atomic E-state index is 10.3. The molecule has 15 heavy (non-hydrogen) atoms. The van der Waals surface area contributed by atoms with Gasteiger partial charge in [-0.1, -0.05) is 0 Å². The maximum Gasteiger partial charge on any atom is 1.00 e. The van der Waals surface area contributed by atoms with Crippen LogP contribution >= 0.6 is 0 Å². The number of carbonyl (C=O) groups is 1. The van der Waals surface area contributed by atoms with Crippen LogP contribution in [0.15, 0.2) is 24.3 Å². The fourth-order valence-electron chi connectivity index (χ4n) is 0.875. The third-order valence-corrected chi connectivity index (χ3v) is 1.51. The molecule has 0 saturated carbocycles. The number of carbonyl (C=O) groups excluding carboxylic acids is 1. The maximum atomic E-state index is 10.3. The first-order valence-electron chi connectivity index (χ1n) is 3.78. The molecule has 0 radical (unpaired) electrons. The molecular formula is C8H7N2NaO4. The van der Waals surface area contributed by atoms with Gasteiger partial charge in [0, 0.05) is 17.8 Å². The Morgan fingerprint density at radius 1 is 1.33 bits per heavy atom. The number of nitro benzene ring substituents is 1. The minimum absolute atomic E-state index is 0. The molecule has 0 bridgehead atoms. The summed E-state index contributed by atoms with van der Waals surface area (Å²) in [5, 5.41) is 22.9. The number of benzene rings is 1. The quantitative estimate of drug-likeness (QED) is 0.325. The minimum Gasteiger partial charge on any atom is -0.548 e. The van der Waals surface area contributed by atoms with Crippen molar-refractivity contribution in [3.63, 3.8) is 0 Å². The first-order valence-corrected chi connectivity index (χ1v) is 3.78. The van der Waals surface area contributed by atoms with Gasteiger partial charge in [-0.25, -0.2) is 0 Å². The molecule has 74 valence electrons. The monoisotopic (exact) mass is 218 g/mol. The predicted molar refractivity (Wildman–Crippen MR) is 46.6 cm³/mol. The number of nitrogens with one attached hydrogen (secondary N) is 1. The van der Waals surface area contributed by atoms with Crippen LogP contribution in [0.5, 0.6) is 0 Å². The fraction of sp³-hybridized carbons (Fsp3) is 0.125. The van der Waals surface area contributed by atoms with E-state index in [-0.39, 0.29) is 41.8 Å². The van der Waals surface area contributed by atoms with Gasteiger partial charge in [0.2, 0.25) is 0 Å². The van der Waals surface area contributed by atoms with E-state index in [1.54, 1.807) is 0 Å². The molecule has 1 aromatic rings. The van der Waals surface area contributed by atoms with Crippen LogP contribution in [-0.4, -0.2) is 17.4 Å². The van der Waals surface area contributed by atoms with Gasteiger partial charge in [-0.05, 0) is 12.1 Å². The van der Waals surface area contributed by atoms with Gasteiger partial charge in [-0.3, -0.25) is 10.1 Å². The Kier molecular flexibility index (Phi) is 5.92. The molecule has 0 atom stereocenters. The summed E-state index contributed by atoms with van der Waals surface area (Å²) in [5.74, 6) is -1.23. The summed E-state index contributed by atoms with van der Waals surface area (Å²) >= 11 is 0. The fourth-order valence-corrected chi connectivity index (χ4v) is 0.875. The van der Waals surface area contributed by atoms with E-state index in [1.165, 1.54) is 24.3 Å². The third-order valence-electron chi connectivity index (χ3n) is 1.51. The SMILES string of the molecule is O=C([O-])CNc1ccc([N+](=O)[O-])cc1.[Na+]. The second-order valence-corrected chi connectivity index (χ2v) is 2.53. The largest absolute Gasteiger partial charge is 1.00 e. The van der Waals surface area contributed by atoms with Crippen molar-refractivity contribution in [3.05, 3.63) is 34.4 Å². The Balaban J connectivity index is 0.00000196. The van der Waals surface area contributed by atoms with E-state index in [4.69, 9.17) is 0 Å². The second kappa shape index (κ2) is 6.39. The van der Waals surface area contributed by atoms with E-state index < -0.39 is 10.9 Å². The van der Waals surface area contributed by atoms with Crippen molar-refractivity contribution < 1.29 is 44.4 Å². The molecule has 0 aliphatic carbocycles. The first-order chi connectivity index (χ1) is 6.59. The topological polar surface area (TPSA) is 95.3 Å². The van der Waals surface area contributed by atoms with E-state index in [9.17, 15) is 20.0 Å². The molecule has 1 aromatic carbocycles. The van der Waals surface area contributed by atoms with Crippen LogP contribution < -0.4 is 40.0 Å². The second-order valence-electron chi connectivity index (χ2n) is 2.53. The van der Waals surface area contributed by atoms with Crippen LogP contribution in [0, 0.1) is 10.1 Å². The number of anilines is 1. The van der Waals surface area contributed by atoms with Crippen LogP contribution in [0.2, 0.25) is 0 Å². The third kappa shape index (κ3) is 4.78. The average molecular weight is 218 g/mol. The predicted octanol–water partition coefficient (Wildman–Crippen LogP) is -3.24. The Bertz CT molecular complexity index is 352. The summed E-state index contributed by atoms with van der Waals surface area (Å²) in [6.07, 6.45) is 0. The Hall–Kier alpha value is -1.11. The molecule has 0 aromatic heterocycles. The summed E-state index contributed by atoms with van der Waals surface area (Å²) < 4.78 is 0. The molecule has 0 saturated heterocycles. The molecule has 1 rings (SSSR count). The molecule has 1 N–H and O–H groups in total. The van der Waals surface area contributed by atoms with Crippen molar-refractivity contribution in [3.8, 4) is 0 Å². The van der Waals surface area contributed by atoms with E-state index in [2.05, 4.69) is 5.32 Å². The Morgan fingerprint density at radius 2 is 1.87 bits per heavy atom. The summed E-state index contributed by atoms with van der Waals surface area (Å²) in [6, 6.07) is 5.44. The average Bonchev–Trinajstić information content (AvgIpc) is 2.15. The number of carboxylic acids is 1. The zero-order valence-electron chi connectivity index (χ0n) is 8.10. The normalized spacial score (nSPS) is 8.80. The first kappa shape index (κ1) is 13.9. The minimum atomic E-state index is -1.23. The zero-order chi connectivity index (χ0) is 10.6. The van der Waals surface area contributed by atoms with E-state index in [0.29, 0.717) is 5.69 Å². The zero-order valence-corrected chi connectivity index (χ0v) is 10.1. The van der Waals surface area contributed by atoms with Crippen molar-refractivity contribution in [2.45, 2.75) is 0 Å². The molecule has 0 aliphatic heterocycles. The summed E-state index contributed by atoms with van der Waals surface area (Å²) in [4.78, 5) is 19.8. The van der Waals surface area contributed by atoms with Crippen molar-refractivity contribution in [1.29, 1.82) is 0 Å². The summed E-state index contributed by atoms with van der Waals surface area (Å²) in [6.45, 7) is -0.322. The van der Waals surface area contributed by atoms with Crippen LogP contribution in [0.3, 0.4) is 0 Å². The molecule has 0 amide bonds. The summed E-state index contributed by atoms with van der Waals surface area (Å²) in [7, 11) is 0. The molecule has 0 fully saturated rings. The van der Waals surface area contributed by atoms with E-state index in [0.717, 1.165) is 0 Å². The molecule has 0 unspecified atom stereocenters. The van der Waals surface area contributed by atoms with Gasteiger partial charge in [0.25, 0.3) is 5.69 Å². The van der Waals surface area contributed by atoms with Crippen molar-refractivity contribution >= 4 is 17.3 Å². The smallest absolute Gasteiger partial charge is 0.548 e. The van der Waals surface area contributed by atoms with Crippen LogP contribution in [0.4, 0.5) is 11.4 Å². The van der Waals surface area contributed by atoms with Gasteiger partial charge < -0.3 is 15.2 Å².